The maximum atomic E-state index is 12.2. The Morgan fingerprint density at radius 2 is 1.76 bits per heavy atom. The Morgan fingerprint density at radius 3 is 2.29 bits per heavy atom. The fourth-order valence-electron chi connectivity index (χ4n) is 2.08. The second-order valence-corrected chi connectivity index (χ2v) is 7.99. The number of hydrogen-bond donors (Lipinski definition) is 2. The number of allylic oxidation sites excluding steroid dienone is 1. The van der Waals surface area contributed by atoms with Crippen molar-refractivity contribution < 1.29 is 17.9 Å². The van der Waals surface area contributed by atoms with Crippen molar-refractivity contribution in [2.75, 3.05) is 0 Å². The van der Waals surface area contributed by atoms with Crippen LogP contribution in [0.1, 0.15) is 60.3 Å². The fraction of sp³-hybridized carbons (Fsp3) is 0.786. The summed E-state index contributed by atoms with van der Waals surface area (Å²) < 4.78 is 34.2. The topological polar surface area (TPSA) is 84.5 Å². The highest BCUT2D eigenvalue weighted by atomic mass is 32.2. The summed E-state index contributed by atoms with van der Waals surface area (Å²) in [5, 5.41) is 0. The van der Waals surface area contributed by atoms with Crippen LogP contribution in [0.4, 0.5) is 0 Å². The monoisotopic (exact) mass is 318 g/mol. The summed E-state index contributed by atoms with van der Waals surface area (Å²) in [5.41, 5.74) is 0.288. The van der Waals surface area contributed by atoms with Crippen LogP contribution in [0.25, 0.3) is 0 Å². The molecule has 0 aromatic rings. The van der Waals surface area contributed by atoms with E-state index in [1.54, 1.807) is 34.6 Å². The Kier molecular flexibility index (Phi) is 5.81. The largest absolute Gasteiger partial charge is 0.457 e. The molecule has 122 valence electrons. The Balaban J connectivity index is 2.95. The van der Waals surface area contributed by atoms with Gasteiger partial charge in [-0.25, -0.2) is 4.79 Å². The van der Waals surface area contributed by atoms with Gasteiger partial charge in [0.1, 0.15) is 5.60 Å². The lowest BCUT2D eigenvalue weighted by molar-refractivity contribution is -0.150. The number of nitrogens with one attached hydrogen (secondary N) is 2. The van der Waals surface area contributed by atoms with Gasteiger partial charge in [-0.05, 0) is 60.3 Å². The highest BCUT2D eigenvalue weighted by Crippen LogP contribution is 2.26. The van der Waals surface area contributed by atoms with Crippen LogP contribution in [-0.2, 0) is 19.7 Å². The molecule has 6 nitrogen and oxygen atoms in total. The first kappa shape index (κ1) is 18.0. The lowest BCUT2D eigenvalue weighted by Gasteiger charge is -2.25. The van der Waals surface area contributed by atoms with Crippen LogP contribution in [0.15, 0.2) is 11.3 Å². The first-order valence-corrected chi connectivity index (χ1v) is 8.74. The quantitative estimate of drug-likeness (QED) is 0.759. The van der Waals surface area contributed by atoms with Gasteiger partial charge < -0.3 is 4.74 Å². The van der Waals surface area contributed by atoms with Gasteiger partial charge in [-0.15, -0.1) is 0 Å². The first-order valence-electron chi connectivity index (χ1n) is 7.25. The number of carbonyl (C=O) groups excluding carboxylic acids is 1. The summed E-state index contributed by atoms with van der Waals surface area (Å²) in [6.07, 6.45) is 2.78. The van der Waals surface area contributed by atoms with Crippen molar-refractivity contribution in [1.82, 2.24) is 9.44 Å². The molecule has 0 bridgehead atoms. The molecule has 21 heavy (non-hydrogen) atoms. The number of carbonyl (C=O) groups is 1. The minimum Gasteiger partial charge on any atom is -0.457 e. The summed E-state index contributed by atoms with van der Waals surface area (Å²) in [5.74, 6) is -0.440. The second-order valence-electron chi connectivity index (χ2n) is 6.54. The fourth-order valence-corrected chi connectivity index (χ4v) is 3.31. The lowest BCUT2D eigenvalue weighted by atomic mass is 9.96. The van der Waals surface area contributed by atoms with Crippen LogP contribution in [-0.4, -0.2) is 26.0 Å². The van der Waals surface area contributed by atoms with E-state index in [1.807, 2.05) is 0 Å². The Morgan fingerprint density at radius 1 is 1.19 bits per heavy atom. The molecular formula is C14H26N2O4S. The molecule has 0 saturated heterocycles. The zero-order valence-corrected chi connectivity index (χ0v) is 14.3. The van der Waals surface area contributed by atoms with Gasteiger partial charge in [0, 0.05) is 11.7 Å². The third-order valence-corrected chi connectivity index (χ3v) is 4.06. The van der Waals surface area contributed by atoms with E-state index in [4.69, 9.17) is 4.74 Å². The highest BCUT2D eigenvalue weighted by molar-refractivity contribution is 7.87. The van der Waals surface area contributed by atoms with E-state index in [0.29, 0.717) is 24.1 Å². The third kappa shape index (κ3) is 6.48. The minimum atomic E-state index is -3.66. The van der Waals surface area contributed by atoms with Crippen LogP contribution in [0.5, 0.6) is 0 Å². The van der Waals surface area contributed by atoms with Crippen molar-refractivity contribution in [3.05, 3.63) is 11.3 Å². The van der Waals surface area contributed by atoms with Gasteiger partial charge in [-0.2, -0.15) is 13.1 Å². The molecule has 0 unspecified atom stereocenters. The molecule has 1 rings (SSSR count). The predicted octanol–water partition coefficient (Wildman–Crippen LogP) is 1.99. The molecule has 0 heterocycles. The summed E-state index contributed by atoms with van der Waals surface area (Å²) >= 11 is 0. The molecular weight excluding hydrogens is 292 g/mol. The van der Waals surface area contributed by atoms with Crippen molar-refractivity contribution in [3.8, 4) is 0 Å². The first-order chi connectivity index (χ1) is 9.50. The van der Waals surface area contributed by atoms with Gasteiger partial charge in [0.2, 0.25) is 0 Å². The SMILES string of the molecule is CC(C)NS(=O)(=O)NC1=C(C(=O)OC(C)(C)C)CCCC1. The minimum absolute atomic E-state index is 0.211. The molecule has 0 saturated carbocycles. The van der Waals surface area contributed by atoms with E-state index < -0.39 is 21.8 Å². The zero-order chi connectivity index (χ0) is 16.3. The smallest absolute Gasteiger partial charge is 0.336 e. The van der Waals surface area contributed by atoms with Crippen molar-refractivity contribution in [1.29, 1.82) is 0 Å². The van der Waals surface area contributed by atoms with E-state index in [-0.39, 0.29) is 6.04 Å². The molecule has 0 radical (unpaired) electrons. The molecule has 7 heteroatoms. The Hall–Kier alpha value is -1.08. The third-order valence-electron chi connectivity index (χ3n) is 2.76. The molecule has 1 aliphatic rings. The van der Waals surface area contributed by atoms with Crippen LogP contribution in [0.2, 0.25) is 0 Å². The van der Waals surface area contributed by atoms with E-state index in [9.17, 15) is 13.2 Å². The van der Waals surface area contributed by atoms with Gasteiger partial charge in [0.25, 0.3) is 10.2 Å². The molecule has 0 aliphatic heterocycles. The van der Waals surface area contributed by atoms with Gasteiger partial charge >= 0.3 is 5.97 Å². The molecule has 0 amide bonds. The van der Waals surface area contributed by atoms with E-state index in [0.717, 1.165) is 12.8 Å². The summed E-state index contributed by atoms with van der Waals surface area (Å²) in [6, 6.07) is -0.211. The maximum absolute atomic E-state index is 12.2. The van der Waals surface area contributed by atoms with E-state index in [2.05, 4.69) is 9.44 Å². The van der Waals surface area contributed by atoms with Gasteiger partial charge in [0.15, 0.2) is 0 Å². The summed E-state index contributed by atoms with van der Waals surface area (Å²) in [6.45, 7) is 8.85. The molecule has 0 spiro atoms. The predicted molar refractivity (Wildman–Crippen MR) is 81.7 cm³/mol. The lowest BCUT2D eigenvalue weighted by Crippen LogP contribution is -2.41. The van der Waals surface area contributed by atoms with Crippen LogP contribution < -0.4 is 9.44 Å². The van der Waals surface area contributed by atoms with E-state index in [1.165, 1.54) is 0 Å². The summed E-state index contributed by atoms with van der Waals surface area (Å²) in [7, 11) is -3.66. The molecule has 0 aromatic heterocycles. The average Bonchev–Trinajstić information content (AvgIpc) is 2.24. The van der Waals surface area contributed by atoms with Crippen LogP contribution in [0.3, 0.4) is 0 Å². The maximum Gasteiger partial charge on any atom is 0.336 e. The van der Waals surface area contributed by atoms with Crippen molar-refractivity contribution >= 4 is 16.2 Å². The van der Waals surface area contributed by atoms with Crippen molar-refractivity contribution in [2.45, 2.75) is 71.9 Å². The molecule has 0 fully saturated rings. The standard InChI is InChI=1S/C14H26N2O4S/c1-10(2)15-21(18,19)16-12-9-7-6-8-11(12)13(17)20-14(3,4)5/h10,15-16H,6-9H2,1-5H3. The highest BCUT2D eigenvalue weighted by Gasteiger charge is 2.26. The van der Waals surface area contributed by atoms with Crippen LogP contribution in [0, 0.1) is 0 Å². The van der Waals surface area contributed by atoms with Gasteiger partial charge in [-0.1, -0.05) is 0 Å². The normalized spacial score (nSPS) is 17.0. The Labute approximate surface area is 127 Å². The number of esters is 1. The Bertz CT molecular complexity index is 516. The van der Waals surface area contributed by atoms with Crippen molar-refractivity contribution in [3.63, 3.8) is 0 Å². The van der Waals surface area contributed by atoms with E-state index >= 15 is 0 Å². The molecule has 1 aliphatic carbocycles. The van der Waals surface area contributed by atoms with Crippen molar-refractivity contribution in [2.24, 2.45) is 0 Å². The number of hydrogen-bond acceptors (Lipinski definition) is 4. The molecule has 2 N–H and O–H groups in total. The molecule has 0 atom stereocenters. The average molecular weight is 318 g/mol. The van der Waals surface area contributed by atoms with Crippen LogP contribution >= 0.6 is 0 Å². The number of rotatable bonds is 5. The molecule has 0 aromatic carbocycles. The zero-order valence-electron chi connectivity index (χ0n) is 13.4. The second kappa shape index (κ2) is 6.79. The number of ether oxygens (including phenoxy) is 1. The summed E-state index contributed by atoms with van der Waals surface area (Å²) in [4.78, 5) is 12.2. The van der Waals surface area contributed by atoms with Gasteiger partial charge in [0.05, 0.1) is 5.57 Å². The van der Waals surface area contributed by atoms with Gasteiger partial charge in [-0.3, -0.25) is 4.72 Å².